The Hall–Kier alpha value is -4.40. The van der Waals surface area contributed by atoms with E-state index >= 15 is 0 Å². The van der Waals surface area contributed by atoms with Crippen LogP contribution in [0, 0.1) is 11.6 Å². The molecule has 1 aliphatic heterocycles. The number of amides is 3. The Balaban J connectivity index is 1.61. The monoisotopic (exact) mass is 460 g/mol. The van der Waals surface area contributed by atoms with Crippen molar-refractivity contribution in [2.24, 2.45) is 0 Å². The van der Waals surface area contributed by atoms with Crippen molar-refractivity contribution in [2.75, 3.05) is 0 Å². The van der Waals surface area contributed by atoms with Crippen LogP contribution in [0.25, 0.3) is 16.6 Å². The predicted octanol–water partition coefficient (Wildman–Crippen LogP) is 3.63. The normalized spacial score (nSPS) is 17.9. The second-order valence-corrected chi connectivity index (χ2v) is 8.12. The predicted molar refractivity (Wildman–Crippen MR) is 120 cm³/mol. The molecule has 3 amide bonds. The Morgan fingerprint density at radius 3 is 2.18 bits per heavy atom. The first kappa shape index (κ1) is 21.4. The number of carbonyl (C=O) groups is 2. The highest BCUT2D eigenvalue weighted by Crippen LogP contribution is 2.30. The summed E-state index contributed by atoms with van der Waals surface area (Å²) in [5, 5.41) is 2.99. The molecule has 0 saturated carbocycles. The number of hydrogen-bond acceptors (Lipinski definition) is 4. The van der Waals surface area contributed by atoms with Gasteiger partial charge in [0.05, 0.1) is 23.1 Å². The second kappa shape index (κ2) is 7.87. The molecule has 1 fully saturated rings. The number of benzene rings is 3. The first-order chi connectivity index (χ1) is 16.3. The highest BCUT2D eigenvalue weighted by atomic mass is 19.1. The van der Waals surface area contributed by atoms with Gasteiger partial charge >= 0.3 is 6.03 Å². The first-order valence-electron chi connectivity index (χ1n) is 10.4. The van der Waals surface area contributed by atoms with Crippen LogP contribution in [0.3, 0.4) is 0 Å². The number of nitrogens with zero attached hydrogens (tertiary/aromatic N) is 3. The smallest absolute Gasteiger partial charge is 0.319 e. The summed E-state index contributed by atoms with van der Waals surface area (Å²) in [5.41, 5.74) is -0.678. The number of nitrogens with one attached hydrogen (secondary N) is 1. The molecule has 0 bridgehead atoms. The molecule has 34 heavy (non-hydrogen) atoms. The van der Waals surface area contributed by atoms with Gasteiger partial charge in [-0.25, -0.2) is 18.6 Å². The Morgan fingerprint density at radius 1 is 0.882 bits per heavy atom. The van der Waals surface area contributed by atoms with Gasteiger partial charge in [0.1, 0.15) is 23.0 Å². The number of urea groups is 1. The van der Waals surface area contributed by atoms with Crippen molar-refractivity contribution >= 4 is 22.8 Å². The third kappa shape index (κ3) is 3.42. The molecule has 1 N–H and O–H groups in total. The number of hydrogen-bond donors (Lipinski definition) is 1. The van der Waals surface area contributed by atoms with E-state index in [-0.39, 0.29) is 12.4 Å². The van der Waals surface area contributed by atoms with Crippen LogP contribution < -0.4 is 10.9 Å². The van der Waals surface area contributed by atoms with Crippen LogP contribution in [0.5, 0.6) is 0 Å². The molecule has 4 aromatic rings. The molecule has 9 heteroatoms. The van der Waals surface area contributed by atoms with Crippen LogP contribution in [0.15, 0.2) is 77.6 Å². The Morgan fingerprint density at radius 2 is 1.50 bits per heavy atom. The van der Waals surface area contributed by atoms with E-state index in [2.05, 4.69) is 10.3 Å². The van der Waals surface area contributed by atoms with Crippen molar-refractivity contribution in [3.63, 3.8) is 0 Å². The van der Waals surface area contributed by atoms with Gasteiger partial charge in [-0.2, -0.15) is 0 Å². The van der Waals surface area contributed by atoms with Crippen LogP contribution in [0.2, 0.25) is 0 Å². The van der Waals surface area contributed by atoms with Gasteiger partial charge < -0.3 is 5.32 Å². The fourth-order valence-electron chi connectivity index (χ4n) is 4.10. The van der Waals surface area contributed by atoms with Crippen LogP contribution >= 0.6 is 0 Å². The van der Waals surface area contributed by atoms with Gasteiger partial charge in [-0.3, -0.25) is 19.1 Å². The maximum absolute atomic E-state index is 13.5. The molecule has 0 spiro atoms. The van der Waals surface area contributed by atoms with Crippen molar-refractivity contribution in [3.05, 3.63) is 106 Å². The Kier molecular flexibility index (Phi) is 4.97. The average Bonchev–Trinajstić information content (AvgIpc) is 3.04. The topological polar surface area (TPSA) is 84.3 Å². The summed E-state index contributed by atoms with van der Waals surface area (Å²) < 4.78 is 28.2. The van der Waals surface area contributed by atoms with Gasteiger partial charge in [-0.1, -0.05) is 24.3 Å². The van der Waals surface area contributed by atoms with Crippen LogP contribution in [-0.4, -0.2) is 26.4 Å². The van der Waals surface area contributed by atoms with Gasteiger partial charge in [0.25, 0.3) is 11.5 Å². The summed E-state index contributed by atoms with van der Waals surface area (Å²) in [7, 11) is 0. The zero-order chi connectivity index (χ0) is 24.0. The van der Waals surface area contributed by atoms with Crippen LogP contribution in [0.1, 0.15) is 18.3 Å². The molecule has 1 atom stereocenters. The molecule has 0 unspecified atom stereocenters. The molecule has 5 rings (SSSR count). The summed E-state index contributed by atoms with van der Waals surface area (Å²) in [6.07, 6.45) is 0. The molecule has 170 valence electrons. The van der Waals surface area contributed by atoms with Gasteiger partial charge in [0.2, 0.25) is 0 Å². The van der Waals surface area contributed by atoms with E-state index < -0.39 is 34.7 Å². The van der Waals surface area contributed by atoms with Gasteiger partial charge in [-0.15, -0.1) is 0 Å². The van der Waals surface area contributed by atoms with Gasteiger partial charge in [0, 0.05) is 0 Å². The quantitative estimate of drug-likeness (QED) is 0.472. The van der Waals surface area contributed by atoms with Crippen molar-refractivity contribution in [1.29, 1.82) is 0 Å². The standard InChI is InChI=1S/C25H18F2N4O3/c1-25(15-6-8-16(26)9-7-15)23(33)30(24(34)29-25)14-21-28-20-5-3-2-4-19(20)22(32)31(21)18-12-10-17(27)11-13-18/h2-13H,14H2,1H3,(H,29,34)/t25-/m1/s1. The van der Waals surface area contributed by atoms with Crippen molar-refractivity contribution in [2.45, 2.75) is 19.0 Å². The number of fused-ring (bicyclic) bond motifs is 1. The van der Waals surface area contributed by atoms with Crippen molar-refractivity contribution in [3.8, 4) is 5.69 Å². The summed E-state index contributed by atoms with van der Waals surface area (Å²) in [5.74, 6) is -1.39. The second-order valence-electron chi connectivity index (χ2n) is 8.12. The summed E-state index contributed by atoms with van der Waals surface area (Å²) in [6, 6.07) is 16.6. The maximum atomic E-state index is 13.5. The lowest BCUT2D eigenvalue weighted by Crippen LogP contribution is -2.41. The number of para-hydroxylation sites is 1. The van der Waals surface area contributed by atoms with E-state index in [1.165, 1.54) is 60.0 Å². The van der Waals surface area contributed by atoms with E-state index in [9.17, 15) is 23.2 Å². The number of halogens is 2. The van der Waals surface area contributed by atoms with Crippen molar-refractivity contribution in [1.82, 2.24) is 19.8 Å². The van der Waals surface area contributed by atoms with Crippen molar-refractivity contribution < 1.29 is 18.4 Å². The van der Waals surface area contributed by atoms with Crippen LogP contribution in [-0.2, 0) is 16.9 Å². The third-order valence-electron chi connectivity index (χ3n) is 5.93. The fraction of sp³-hybridized carbons (Fsp3) is 0.120. The number of rotatable bonds is 4. The molecule has 1 saturated heterocycles. The summed E-state index contributed by atoms with van der Waals surface area (Å²) >= 11 is 0. The van der Waals surface area contributed by atoms with E-state index in [1.54, 1.807) is 24.3 Å². The summed E-state index contributed by atoms with van der Waals surface area (Å²) in [6.45, 7) is 1.22. The van der Waals surface area contributed by atoms with E-state index in [0.717, 1.165) is 4.90 Å². The Labute approximate surface area is 192 Å². The lowest BCUT2D eigenvalue weighted by molar-refractivity contribution is -0.131. The molecule has 1 aromatic heterocycles. The van der Waals surface area contributed by atoms with Crippen LogP contribution in [0.4, 0.5) is 13.6 Å². The minimum atomic E-state index is -1.41. The number of carbonyl (C=O) groups excluding carboxylic acids is 2. The first-order valence-corrected chi connectivity index (χ1v) is 10.4. The van der Waals surface area contributed by atoms with E-state index in [4.69, 9.17) is 0 Å². The molecule has 2 heterocycles. The molecule has 3 aromatic carbocycles. The highest BCUT2D eigenvalue weighted by Gasteiger charge is 2.49. The molecule has 1 aliphatic rings. The lowest BCUT2D eigenvalue weighted by atomic mass is 9.92. The molecular formula is C25H18F2N4O3. The van der Waals surface area contributed by atoms with Gasteiger partial charge in [0.15, 0.2) is 0 Å². The average molecular weight is 460 g/mol. The Bertz CT molecular complexity index is 1500. The molecular weight excluding hydrogens is 442 g/mol. The highest BCUT2D eigenvalue weighted by molar-refractivity contribution is 6.07. The minimum Gasteiger partial charge on any atom is -0.319 e. The van der Waals surface area contributed by atoms with Gasteiger partial charge in [-0.05, 0) is 61.0 Å². The lowest BCUT2D eigenvalue weighted by Gasteiger charge is -2.22. The SMILES string of the molecule is C[C@]1(c2ccc(F)cc2)NC(=O)N(Cc2nc3ccccc3c(=O)n2-c2ccc(F)cc2)C1=O. The van der Waals surface area contributed by atoms with E-state index in [1.807, 2.05) is 0 Å². The molecule has 0 radical (unpaired) electrons. The zero-order valence-corrected chi connectivity index (χ0v) is 18.0. The maximum Gasteiger partial charge on any atom is 0.325 e. The minimum absolute atomic E-state index is 0.127. The molecule has 0 aliphatic carbocycles. The molecule has 7 nitrogen and oxygen atoms in total. The number of imide groups is 1. The number of aromatic nitrogens is 2. The van der Waals surface area contributed by atoms with E-state index in [0.29, 0.717) is 22.2 Å². The summed E-state index contributed by atoms with van der Waals surface area (Å²) in [4.78, 5) is 45.0. The fourth-order valence-corrected chi connectivity index (χ4v) is 4.10. The zero-order valence-electron chi connectivity index (χ0n) is 18.0. The third-order valence-corrected chi connectivity index (χ3v) is 5.93. The largest absolute Gasteiger partial charge is 0.325 e.